The van der Waals surface area contributed by atoms with Gasteiger partial charge in [-0.3, -0.25) is 0 Å². The van der Waals surface area contributed by atoms with Crippen LogP contribution in [0.25, 0.3) is 11.3 Å². The fourth-order valence-corrected chi connectivity index (χ4v) is 1.95. The Labute approximate surface area is 121 Å². The predicted octanol–water partition coefficient (Wildman–Crippen LogP) is 2.48. The fraction of sp³-hybridized carbons (Fsp3) is 0.0714. The predicted molar refractivity (Wildman–Crippen MR) is 77.8 cm³/mol. The molecule has 1 aromatic heterocycles. The van der Waals surface area contributed by atoms with Gasteiger partial charge in [0.15, 0.2) is 0 Å². The highest BCUT2D eigenvalue weighted by molar-refractivity contribution is 6.33. The van der Waals surface area contributed by atoms with Gasteiger partial charge in [0.25, 0.3) is 0 Å². The molecule has 1 aromatic carbocycles. The van der Waals surface area contributed by atoms with Gasteiger partial charge in [0, 0.05) is 5.56 Å². The van der Waals surface area contributed by atoms with Crippen molar-refractivity contribution in [3.63, 3.8) is 0 Å². The molecule has 0 saturated carbocycles. The Morgan fingerprint density at radius 3 is 2.70 bits per heavy atom. The summed E-state index contributed by atoms with van der Waals surface area (Å²) >= 11 is 6.05. The summed E-state index contributed by atoms with van der Waals surface area (Å²) in [7, 11) is 1.31. The lowest BCUT2D eigenvalue weighted by Gasteiger charge is -2.09. The van der Waals surface area contributed by atoms with E-state index in [0.29, 0.717) is 11.4 Å². The van der Waals surface area contributed by atoms with Gasteiger partial charge in [-0.25, -0.2) is 9.78 Å². The van der Waals surface area contributed by atoms with E-state index in [9.17, 15) is 4.79 Å². The minimum absolute atomic E-state index is 0.277. The number of benzene rings is 1. The van der Waals surface area contributed by atoms with Crippen LogP contribution >= 0.6 is 11.6 Å². The normalized spacial score (nSPS) is 10.7. The van der Waals surface area contributed by atoms with Crippen LogP contribution in [0.5, 0.6) is 0 Å². The summed E-state index contributed by atoms with van der Waals surface area (Å²) in [5, 5.41) is 3.69. The van der Waals surface area contributed by atoms with Gasteiger partial charge in [-0.15, -0.1) is 0 Å². The van der Waals surface area contributed by atoms with Crippen molar-refractivity contribution in [2.24, 2.45) is 10.9 Å². The fourth-order valence-electron chi connectivity index (χ4n) is 1.75. The number of hydrazone groups is 1. The van der Waals surface area contributed by atoms with Crippen molar-refractivity contribution < 1.29 is 9.53 Å². The summed E-state index contributed by atoms with van der Waals surface area (Å²) in [4.78, 5) is 16.2. The molecule has 0 radical (unpaired) electrons. The summed E-state index contributed by atoms with van der Waals surface area (Å²) < 4.78 is 4.76. The molecule has 0 amide bonds. The van der Waals surface area contributed by atoms with Crippen LogP contribution in [0.2, 0.25) is 5.02 Å². The maximum absolute atomic E-state index is 11.8. The molecule has 2 aromatic rings. The second kappa shape index (κ2) is 6.16. The van der Waals surface area contributed by atoms with E-state index in [1.807, 2.05) is 30.3 Å². The molecular weight excluding hydrogens is 278 g/mol. The third kappa shape index (κ3) is 2.78. The van der Waals surface area contributed by atoms with Crippen molar-refractivity contribution >= 4 is 23.8 Å². The van der Waals surface area contributed by atoms with Gasteiger partial charge in [-0.05, 0) is 6.07 Å². The van der Waals surface area contributed by atoms with Crippen molar-refractivity contribution in [2.75, 3.05) is 7.11 Å². The number of esters is 1. The average molecular weight is 290 g/mol. The molecular formula is C14H12ClN3O2. The van der Waals surface area contributed by atoms with Gasteiger partial charge in [0.1, 0.15) is 5.69 Å². The van der Waals surface area contributed by atoms with E-state index in [4.69, 9.17) is 22.2 Å². The first-order chi connectivity index (χ1) is 9.67. The SMILES string of the molecule is COC(=O)c1cc(Cl)c(C=NN)nc1-c1ccccc1. The van der Waals surface area contributed by atoms with Gasteiger partial charge in [-0.1, -0.05) is 41.9 Å². The van der Waals surface area contributed by atoms with E-state index < -0.39 is 5.97 Å². The number of rotatable bonds is 3. The van der Waals surface area contributed by atoms with E-state index in [0.717, 1.165) is 5.56 Å². The largest absolute Gasteiger partial charge is 0.465 e. The number of methoxy groups -OCH3 is 1. The van der Waals surface area contributed by atoms with Crippen molar-refractivity contribution in [3.8, 4) is 11.3 Å². The van der Waals surface area contributed by atoms with E-state index in [1.165, 1.54) is 19.4 Å². The van der Waals surface area contributed by atoms with Gasteiger partial charge in [-0.2, -0.15) is 5.10 Å². The highest BCUT2D eigenvalue weighted by atomic mass is 35.5. The third-order valence-electron chi connectivity index (χ3n) is 2.65. The molecule has 0 spiro atoms. The molecule has 0 saturated heterocycles. The Morgan fingerprint density at radius 2 is 2.10 bits per heavy atom. The Hall–Kier alpha value is -2.40. The molecule has 0 aliphatic rings. The molecule has 102 valence electrons. The van der Waals surface area contributed by atoms with Crippen molar-refractivity contribution in [2.45, 2.75) is 0 Å². The van der Waals surface area contributed by atoms with Crippen molar-refractivity contribution in [3.05, 3.63) is 52.7 Å². The minimum atomic E-state index is -0.505. The first kappa shape index (κ1) is 14.0. The zero-order chi connectivity index (χ0) is 14.5. The number of nitrogens with zero attached hydrogens (tertiary/aromatic N) is 2. The summed E-state index contributed by atoms with van der Waals surface area (Å²) in [5.41, 5.74) is 1.92. The number of halogens is 1. The van der Waals surface area contributed by atoms with Gasteiger partial charge >= 0.3 is 5.97 Å². The Balaban J connectivity index is 2.68. The van der Waals surface area contributed by atoms with Crippen molar-refractivity contribution in [1.29, 1.82) is 0 Å². The number of carbonyl (C=O) groups excluding carboxylic acids is 1. The van der Waals surface area contributed by atoms with E-state index in [-0.39, 0.29) is 10.6 Å². The number of aromatic nitrogens is 1. The van der Waals surface area contributed by atoms with Gasteiger partial charge < -0.3 is 10.6 Å². The number of carbonyl (C=O) groups is 1. The van der Waals surface area contributed by atoms with E-state index >= 15 is 0 Å². The number of hydrogen-bond donors (Lipinski definition) is 1. The molecule has 0 fully saturated rings. The van der Waals surface area contributed by atoms with E-state index in [2.05, 4.69) is 10.1 Å². The highest BCUT2D eigenvalue weighted by Crippen LogP contribution is 2.26. The topological polar surface area (TPSA) is 77.6 Å². The van der Waals surface area contributed by atoms with Gasteiger partial charge in [0.05, 0.1) is 29.6 Å². The number of hydrogen-bond acceptors (Lipinski definition) is 5. The van der Waals surface area contributed by atoms with Crippen molar-refractivity contribution in [1.82, 2.24) is 4.98 Å². The molecule has 6 heteroatoms. The van der Waals surface area contributed by atoms with Gasteiger partial charge in [0.2, 0.25) is 0 Å². The van der Waals surface area contributed by atoms with Crippen LogP contribution < -0.4 is 5.84 Å². The summed E-state index contributed by atoms with van der Waals surface area (Å²) in [6.45, 7) is 0. The van der Waals surface area contributed by atoms with Crippen LogP contribution in [-0.4, -0.2) is 24.3 Å². The Kier molecular flexibility index (Phi) is 4.32. The molecule has 1 heterocycles. The third-order valence-corrected chi connectivity index (χ3v) is 2.96. The lowest BCUT2D eigenvalue weighted by atomic mass is 10.1. The minimum Gasteiger partial charge on any atom is -0.465 e. The number of pyridine rings is 1. The first-order valence-corrected chi connectivity index (χ1v) is 6.12. The van der Waals surface area contributed by atoms with Crippen LogP contribution in [0.4, 0.5) is 0 Å². The molecule has 5 nitrogen and oxygen atoms in total. The quantitative estimate of drug-likeness (QED) is 0.407. The Morgan fingerprint density at radius 1 is 1.40 bits per heavy atom. The smallest absolute Gasteiger partial charge is 0.340 e. The molecule has 2 rings (SSSR count). The van der Waals surface area contributed by atoms with Crippen LogP contribution in [0.15, 0.2) is 41.5 Å². The molecule has 20 heavy (non-hydrogen) atoms. The molecule has 2 N–H and O–H groups in total. The number of nitrogens with two attached hydrogens (primary N) is 1. The number of ether oxygens (including phenoxy) is 1. The zero-order valence-electron chi connectivity index (χ0n) is 10.7. The second-order valence-corrected chi connectivity index (χ2v) is 4.29. The lowest BCUT2D eigenvalue weighted by Crippen LogP contribution is -2.07. The van der Waals surface area contributed by atoms with Crippen LogP contribution in [0.3, 0.4) is 0 Å². The van der Waals surface area contributed by atoms with Crippen LogP contribution in [0, 0.1) is 0 Å². The Bertz CT molecular complexity index is 657. The maximum atomic E-state index is 11.8. The molecule has 0 aliphatic heterocycles. The molecule has 0 atom stereocenters. The molecule has 0 unspecified atom stereocenters. The average Bonchev–Trinajstić information content (AvgIpc) is 2.49. The van der Waals surface area contributed by atoms with Crippen LogP contribution in [0.1, 0.15) is 16.1 Å². The maximum Gasteiger partial charge on any atom is 0.340 e. The summed E-state index contributed by atoms with van der Waals surface area (Å²) in [6.07, 6.45) is 1.33. The molecule has 0 bridgehead atoms. The second-order valence-electron chi connectivity index (χ2n) is 3.89. The standard InChI is InChI=1S/C14H12ClN3O2/c1-20-14(19)10-7-11(15)12(8-17-16)18-13(10)9-5-3-2-4-6-9/h2-8H,16H2,1H3. The summed E-state index contributed by atoms with van der Waals surface area (Å²) in [6, 6.07) is 10.8. The first-order valence-electron chi connectivity index (χ1n) is 5.75. The highest BCUT2D eigenvalue weighted by Gasteiger charge is 2.17. The monoisotopic (exact) mass is 289 g/mol. The summed E-state index contributed by atoms with van der Waals surface area (Å²) in [5.74, 6) is 4.62. The van der Waals surface area contributed by atoms with Crippen LogP contribution in [-0.2, 0) is 4.74 Å². The molecule has 0 aliphatic carbocycles. The zero-order valence-corrected chi connectivity index (χ0v) is 11.5. The lowest BCUT2D eigenvalue weighted by molar-refractivity contribution is 0.0601. The van der Waals surface area contributed by atoms with E-state index in [1.54, 1.807) is 0 Å².